The molecule has 0 atom stereocenters. The molecule has 2 N–H and O–H groups in total. The lowest BCUT2D eigenvalue weighted by molar-refractivity contribution is -0.131. The normalized spacial score (nSPS) is 10.5. The lowest BCUT2D eigenvalue weighted by atomic mass is 10.2. The number of amides is 1. The first-order valence-corrected chi connectivity index (χ1v) is 6.63. The zero-order valence-corrected chi connectivity index (χ0v) is 12.2. The molecule has 20 heavy (non-hydrogen) atoms. The van der Waals surface area contributed by atoms with Crippen LogP contribution in [0.25, 0.3) is 0 Å². The van der Waals surface area contributed by atoms with E-state index in [4.69, 9.17) is 15.2 Å². The molecule has 6 nitrogen and oxygen atoms in total. The number of pyridine rings is 1. The molecule has 112 valence electrons. The molecule has 0 saturated heterocycles. The molecule has 6 heteroatoms. The maximum atomic E-state index is 12.3. The summed E-state index contributed by atoms with van der Waals surface area (Å²) >= 11 is 0. The number of nitrogen functional groups attached to an aromatic ring is 1. The average molecular weight is 281 g/mol. The number of ether oxygens (including phenoxy) is 2. The van der Waals surface area contributed by atoms with Crippen LogP contribution in [-0.4, -0.2) is 56.3 Å². The molecular weight excluding hydrogens is 258 g/mol. The topological polar surface area (TPSA) is 77.7 Å². The Morgan fingerprint density at radius 2 is 2.00 bits per heavy atom. The Hall–Kier alpha value is -1.66. The second-order valence-electron chi connectivity index (χ2n) is 4.48. The van der Waals surface area contributed by atoms with E-state index in [9.17, 15) is 4.79 Å². The fraction of sp³-hybridized carbons (Fsp3) is 0.571. The molecule has 0 aromatic carbocycles. The fourth-order valence-corrected chi connectivity index (χ4v) is 1.77. The minimum absolute atomic E-state index is 0.0374. The number of hydrogen-bond donors (Lipinski definition) is 1. The zero-order chi connectivity index (χ0) is 14.8. The van der Waals surface area contributed by atoms with Gasteiger partial charge in [0.2, 0.25) is 5.91 Å². The van der Waals surface area contributed by atoms with Gasteiger partial charge in [0, 0.05) is 39.6 Å². The van der Waals surface area contributed by atoms with Crippen molar-refractivity contribution in [2.45, 2.75) is 12.8 Å². The van der Waals surface area contributed by atoms with Crippen LogP contribution in [0.5, 0.6) is 0 Å². The molecule has 1 rings (SSSR count). The van der Waals surface area contributed by atoms with Crippen LogP contribution in [0.2, 0.25) is 0 Å². The number of aromatic nitrogens is 1. The van der Waals surface area contributed by atoms with Crippen molar-refractivity contribution in [2.75, 3.05) is 46.3 Å². The van der Waals surface area contributed by atoms with Gasteiger partial charge in [0.25, 0.3) is 0 Å². The van der Waals surface area contributed by atoms with E-state index in [1.54, 1.807) is 37.4 Å². The van der Waals surface area contributed by atoms with E-state index in [1.807, 2.05) is 0 Å². The number of methoxy groups -OCH3 is 2. The number of hydrogen-bond acceptors (Lipinski definition) is 5. The van der Waals surface area contributed by atoms with E-state index in [0.717, 1.165) is 12.1 Å². The molecule has 1 aromatic rings. The lowest BCUT2D eigenvalue weighted by Crippen LogP contribution is -2.36. The highest BCUT2D eigenvalue weighted by Gasteiger charge is 2.14. The van der Waals surface area contributed by atoms with Gasteiger partial charge in [0.1, 0.15) is 0 Å². The number of carbonyl (C=O) groups is 1. The summed E-state index contributed by atoms with van der Waals surface area (Å²) < 4.78 is 10.0. The minimum Gasteiger partial charge on any atom is -0.397 e. The summed E-state index contributed by atoms with van der Waals surface area (Å²) in [7, 11) is 3.28. The molecule has 0 radical (unpaired) electrons. The molecule has 0 saturated carbocycles. The first kappa shape index (κ1) is 16.4. The Kier molecular flexibility index (Phi) is 7.60. The monoisotopic (exact) mass is 281 g/mol. The maximum Gasteiger partial charge on any atom is 0.228 e. The summed E-state index contributed by atoms with van der Waals surface area (Å²) in [4.78, 5) is 18.2. The summed E-state index contributed by atoms with van der Waals surface area (Å²) in [6, 6.07) is 3.52. The number of anilines is 1. The van der Waals surface area contributed by atoms with Gasteiger partial charge in [-0.05, 0) is 18.6 Å². The third-order valence-corrected chi connectivity index (χ3v) is 2.87. The Morgan fingerprint density at radius 3 is 2.60 bits per heavy atom. The van der Waals surface area contributed by atoms with Crippen LogP contribution in [0.1, 0.15) is 12.1 Å². The van der Waals surface area contributed by atoms with Gasteiger partial charge in [-0.2, -0.15) is 0 Å². The molecule has 0 aliphatic heterocycles. The van der Waals surface area contributed by atoms with Gasteiger partial charge >= 0.3 is 0 Å². The summed E-state index contributed by atoms with van der Waals surface area (Å²) in [5.41, 5.74) is 6.89. The van der Waals surface area contributed by atoms with E-state index in [-0.39, 0.29) is 12.3 Å². The smallest absolute Gasteiger partial charge is 0.228 e. The molecule has 0 fully saturated rings. The molecule has 0 unspecified atom stereocenters. The van der Waals surface area contributed by atoms with Gasteiger partial charge in [-0.1, -0.05) is 0 Å². The number of nitrogens with zero attached hydrogens (tertiary/aromatic N) is 2. The van der Waals surface area contributed by atoms with Crippen molar-refractivity contribution in [1.29, 1.82) is 0 Å². The van der Waals surface area contributed by atoms with Gasteiger partial charge in [0.15, 0.2) is 0 Å². The van der Waals surface area contributed by atoms with E-state index < -0.39 is 0 Å². The first-order valence-electron chi connectivity index (χ1n) is 6.63. The van der Waals surface area contributed by atoms with Crippen LogP contribution in [0, 0.1) is 0 Å². The van der Waals surface area contributed by atoms with Crippen molar-refractivity contribution in [3.05, 3.63) is 24.0 Å². The zero-order valence-electron chi connectivity index (χ0n) is 12.2. The van der Waals surface area contributed by atoms with Crippen LogP contribution in [0.4, 0.5) is 5.69 Å². The van der Waals surface area contributed by atoms with Crippen molar-refractivity contribution in [3.8, 4) is 0 Å². The molecule has 1 heterocycles. The van der Waals surface area contributed by atoms with Gasteiger partial charge in [-0.25, -0.2) is 0 Å². The third-order valence-electron chi connectivity index (χ3n) is 2.87. The van der Waals surface area contributed by atoms with Gasteiger partial charge < -0.3 is 20.1 Å². The molecule has 0 spiro atoms. The van der Waals surface area contributed by atoms with Crippen molar-refractivity contribution >= 4 is 11.6 Å². The van der Waals surface area contributed by atoms with Crippen molar-refractivity contribution in [2.24, 2.45) is 0 Å². The highest BCUT2D eigenvalue weighted by Crippen LogP contribution is 2.05. The predicted octanol–water partition coefficient (Wildman–Crippen LogP) is 0.718. The summed E-state index contributed by atoms with van der Waals surface area (Å²) in [5, 5.41) is 0. The molecule has 1 aromatic heterocycles. The van der Waals surface area contributed by atoms with Crippen LogP contribution >= 0.6 is 0 Å². The largest absolute Gasteiger partial charge is 0.397 e. The number of rotatable bonds is 9. The quantitative estimate of drug-likeness (QED) is 0.675. The molecule has 0 bridgehead atoms. The van der Waals surface area contributed by atoms with Gasteiger partial charge in [0.05, 0.1) is 24.9 Å². The lowest BCUT2D eigenvalue weighted by Gasteiger charge is -2.22. The Bertz CT molecular complexity index is 395. The van der Waals surface area contributed by atoms with Crippen LogP contribution in [-0.2, 0) is 20.7 Å². The fourth-order valence-electron chi connectivity index (χ4n) is 1.77. The number of nitrogens with two attached hydrogens (primary N) is 1. The molecular formula is C14H23N3O3. The standard InChI is InChI=1S/C14H23N3O3/c1-19-8-3-6-17(7-9-20-2)14(18)10-13-5-4-12(15)11-16-13/h4-5,11H,3,6-10,15H2,1-2H3. The van der Waals surface area contributed by atoms with Gasteiger partial charge in [-0.3, -0.25) is 9.78 Å². The highest BCUT2D eigenvalue weighted by atomic mass is 16.5. The van der Waals surface area contributed by atoms with Crippen LogP contribution in [0.15, 0.2) is 18.3 Å². The van der Waals surface area contributed by atoms with Crippen LogP contribution < -0.4 is 5.73 Å². The first-order chi connectivity index (χ1) is 9.67. The van der Waals surface area contributed by atoms with E-state index in [2.05, 4.69) is 4.98 Å². The summed E-state index contributed by atoms with van der Waals surface area (Å²) in [6.07, 6.45) is 2.64. The third kappa shape index (κ3) is 5.99. The molecule has 1 amide bonds. The molecule has 0 aliphatic carbocycles. The SMILES string of the molecule is COCCCN(CCOC)C(=O)Cc1ccc(N)cn1. The van der Waals surface area contributed by atoms with Crippen LogP contribution in [0.3, 0.4) is 0 Å². The Balaban J connectivity index is 2.54. The predicted molar refractivity (Wildman–Crippen MR) is 77.3 cm³/mol. The van der Waals surface area contributed by atoms with Gasteiger partial charge in [-0.15, -0.1) is 0 Å². The van der Waals surface area contributed by atoms with E-state index in [0.29, 0.717) is 32.0 Å². The Labute approximate surface area is 119 Å². The highest BCUT2D eigenvalue weighted by molar-refractivity contribution is 5.78. The summed E-state index contributed by atoms with van der Waals surface area (Å²) in [5.74, 6) is 0.0374. The van der Waals surface area contributed by atoms with E-state index >= 15 is 0 Å². The minimum atomic E-state index is 0.0374. The summed E-state index contributed by atoms with van der Waals surface area (Å²) in [6.45, 7) is 2.39. The Morgan fingerprint density at radius 1 is 1.25 bits per heavy atom. The van der Waals surface area contributed by atoms with Crippen molar-refractivity contribution in [1.82, 2.24) is 9.88 Å². The second-order valence-corrected chi connectivity index (χ2v) is 4.48. The average Bonchev–Trinajstić information content (AvgIpc) is 2.45. The number of carbonyl (C=O) groups excluding carboxylic acids is 1. The second kappa shape index (κ2) is 9.28. The van der Waals surface area contributed by atoms with Crippen molar-refractivity contribution < 1.29 is 14.3 Å². The van der Waals surface area contributed by atoms with E-state index in [1.165, 1.54) is 0 Å². The van der Waals surface area contributed by atoms with Crippen molar-refractivity contribution in [3.63, 3.8) is 0 Å². The molecule has 0 aliphatic rings. The maximum absolute atomic E-state index is 12.3.